The van der Waals surface area contributed by atoms with Crippen molar-refractivity contribution in [3.05, 3.63) is 95.9 Å². The van der Waals surface area contributed by atoms with Gasteiger partial charge in [0.05, 0.1) is 11.3 Å². The van der Waals surface area contributed by atoms with Crippen LogP contribution in [0.1, 0.15) is 49.8 Å². The van der Waals surface area contributed by atoms with E-state index in [0.717, 1.165) is 17.9 Å². The molecule has 2 heterocycles. The van der Waals surface area contributed by atoms with E-state index in [1.54, 1.807) is 24.3 Å². The zero-order valence-electron chi connectivity index (χ0n) is 26.1. The third-order valence-corrected chi connectivity index (χ3v) is 8.48. The predicted octanol–water partition coefficient (Wildman–Crippen LogP) is 8.23. The van der Waals surface area contributed by atoms with Crippen LogP contribution in [0.3, 0.4) is 0 Å². The Labute approximate surface area is 274 Å². The summed E-state index contributed by atoms with van der Waals surface area (Å²) in [5.74, 6) is 1.17. The fraction of sp³-hybridized carbons (Fsp3) is 0.265. The van der Waals surface area contributed by atoms with E-state index >= 15 is 0 Å². The van der Waals surface area contributed by atoms with Gasteiger partial charge in [-0.1, -0.05) is 62.0 Å². The summed E-state index contributed by atoms with van der Waals surface area (Å²) in [5.41, 5.74) is 5.40. The highest BCUT2D eigenvalue weighted by molar-refractivity contribution is 8.14. The van der Waals surface area contributed by atoms with Crippen LogP contribution in [-0.2, 0) is 0 Å². The SMILES string of the molecule is Cc1cccc(N2/C(=N/C(=O)N/C=C(\C#N)c3ccc(-c4ncn(-c5ccc(OC(F)(F)F)cc5)n4)cc3)SCCC2C)c1C(C)C. The van der Waals surface area contributed by atoms with Crippen molar-refractivity contribution in [3.63, 3.8) is 0 Å². The lowest BCUT2D eigenvalue weighted by Crippen LogP contribution is -2.42. The Morgan fingerprint density at radius 1 is 1.15 bits per heavy atom. The first-order chi connectivity index (χ1) is 22.4. The summed E-state index contributed by atoms with van der Waals surface area (Å²) in [5, 5.41) is 17.5. The Morgan fingerprint density at radius 2 is 1.87 bits per heavy atom. The number of amides is 2. The molecule has 1 aromatic heterocycles. The molecule has 1 atom stereocenters. The van der Waals surface area contributed by atoms with Crippen LogP contribution in [0.25, 0.3) is 22.6 Å². The van der Waals surface area contributed by atoms with Gasteiger partial charge in [-0.2, -0.15) is 10.3 Å². The normalized spacial score (nSPS) is 16.3. The van der Waals surface area contributed by atoms with Crippen LogP contribution >= 0.6 is 11.8 Å². The summed E-state index contributed by atoms with van der Waals surface area (Å²) < 4.78 is 42.7. The number of aromatic nitrogens is 3. The zero-order chi connectivity index (χ0) is 33.7. The van der Waals surface area contributed by atoms with Crippen molar-refractivity contribution >= 4 is 34.2 Å². The van der Waals surface area contributed by atoms with Crippen molar-refractivity contribution in [1.29, 1.82) is 5.26 Å². The van der Waals surface area contributed by atoms with E-state index in [0.29, 0.717) is 33.7 Å². The third-order valence-electron chi connectivity index (χ3n) is 7.49. The Kier molecular flexibility index (Phi) is 10.0. The lowest BCUT2D eigenvalue weighted by molar-refractivity contribution is -0.274. The number of alkyl halides is 3. The molecule has 4 aromatic rings. The van der Waals surface area contributed by atoms with Gasteiger partial charge in [0.25, 0.3) is 0 Å². The van der Waals surface area contributed by atoms with Gasteiger partial charge in [0.2, 0.25) is 0 Å². The van der Waals surface area contributed by atoms with Crippen molar-refractivity contribution in [2.24, 2.45) is 4.99 Å². The lowest BCUT2D eigenvalue weighted by Gasteiger charge is -2.37. The molecule has 1 aliphatic rings. The molecular formula is C34H32F3N7O2S. The number of anilines is 1. The molecule has 47 heavy (non-hydrogen) atoms. The molecule has 0 radical (unpaired) electrons. The molecule has 2 amide bonds. The number of urea groups is 1. The molecule has 0 bridgehead atoms. The van der Waals surface area contributed by atoms with Crippen LogP contribution in [0.2, 0.25) is 0 Å². The minimum Gasteiger partial charge on any atom is -0.406 e. The topological polar surface area (TPSA) is 108 Å². The summed E-state index contributed by atoms with van der Waals surface area (Å²) >= 11 is 1.53. The molecule has 0 aliphatic carbocycles. The van der Waals surface area contributed by atoms with E-state index in [-0.39, 0.29) is 17.4 Å². The number of nitrogens with one attached hydrogen (secondary N) is 1. The van der Waals surface area contributed by atoms with Gasteiger partial charge in [0.1, 0.15) is 18.1 Å². The van der Waals surface area contributed by atoms with E-state index in [1.165, 1.54) is 64.4 Å². The molecule has 242 valence electrons. The minimum absolute atomic E-state index is 0.158. The maximum Gasteiger partial charge on any atom is 0.573 e. The van der Waals surface area contributed by atoms with Crippen molar-refractivity contribution in [2.45, 2.75) is 52.4 Å². The first-order valence-corrected chi connectivity index (χ1v) is 15.8. The second-order valence-electron chi connectivity index (χ2n) is 11.2. The van der Waals surface area contributed by atoms with Crippen LogP contribution in [0, 0.1) is 18.3 Å². The Balaban J connectivity index is 1.29. The summed E-state index contributed by atoms with van der Waals surface area (Å²) in [6.07, 6.45) is -1.04. The van der Waals surface area contributed by atoms with Gasteiger partial charge in [0, 0.05) is 29.2 Å². The molecule has 13 heteroatoms. The third kappa shape index (κ3) is 8.01. The van der Waals surface area contributed by atoms with Gasteiger partial charge < -0.3 is 15.0 Å². The standard InChI is InChI=1S/C34H32F3N7O2S/c1-21(2)30-22(3)6-5-7-29(30)44-23(4)16-17-47-33(44)41-32(45)39-19-26(18-38)24-8-10-25(11-9-24)31-40-20-43(42-31)27-12-14-28(15-13-27)46-34(35,36)37/h5-15,19-21,23H,16-17H2,1-4H3,(H,39,45)/b26-19+,41-33-. The average Bonchev–Trinajstić information content (AvgIpc) is 3.52. The molecule has 1 saturated heterocycles. The number of amidine groups is 1. The molecule has 3 aromatic carbocycles. The number of halogens is 3. The molecule has 1 N–H and O–H groups in total. The number of thioether (sulfide) groups is 1. The van der Waals surface area contributed by atoms with Crippen LogP contribution in [-0.4, -0.2) is 44.1 Å². The largest absolute Gasteiger partial charge is 0.573 e. The maximum atomic E-state index is 13.0. The van der Waals surface area contributed by atoms with E-state index in [4.69, 9.17) is 0 Å². The highest BCUT2D eigenvalue weighted by Crippen LogP contribution is 2.36. The smallest absolute Gasteiger partial charge is 0.406 e. The first kappa shape index (κ1) is 33.3. The summed E-state index contributed by atoms with van der Waals surface area (Å²) in [6.45, 7) is 8.54. The van der Waals surface area contributed by atoms with Crippen molar-refractivity contribution < 1.29 is 22.7 Å². The molecule has 1 aliphatic heterocycles. The molecular weight excluding hydrogens is 627 g/mol. The lowest BCUT2D eigenvalue weighted by atomic mass is 9.95. The molecule has 9 nitrogen and oxygen atoms in total. The number of nitriles is 1. The van der Waals surface area contributed by atoms with Crippen LogP contribution in [0.4, 0.5) is 23.7 Å². The number of carbonyl (C=O) groups excluding carboxylic acids is 1. The number of allylic oxidation sites excluding steroid dienone is 1. The van der Waals surface area contributed by atoms with Crippen LogP contribution in [0.5, 0.6) is 5.75 Å². The Bertz CT molecular complexity index is 1840. The fourth-order valence-electron chi connectivity index (χ4n) is 5.31. The van der Waals surface area contributed by atoms with Gasteiger partial charge in [-0.25, -0.2) is 14.5 Å². The summed E-state index contributed by atoms with van der Waals surface area (Å²) in [4.78, 5) is 23.8. The van der Waals surface area contributed by atoms with Crippen LogP contribution < -0.4 is 15.0 Å². The second kappa shape index (κ2) is 14.1. The van der Waals surface area contributed by atoms with Crippen molar-refractivity contribution in [2.75, 3.05) is 10.7 Å². The summed E-state index contributed by atoms with van der Waals surface area (Å²) in [7, 11) is 0. The zero-order valence-corrected chi connectivity index (χ0v) is 26.9. The molecule has 0 saturated carbocycles. The number of aryl methyl sites for hydroxylation is 1. The van der Waals surface area contributed by atoms with E-state index < -0.39 is 12.4 Å². The first-order valence-electron chi connectivity index (χ1n) is 14.8. The van der Waals surface area contributed by atoms with Gasteiger partial charge in [-0.3, -0.25) is 0 Å². The van der Waals surface area contributed by atoms with Gasteiger partial charge >= 0.3 is 12.4 Å². The van der Waals surface area contributed by atoms with Crippen molar-refractivity contribution in [3.8, 4) is 28.9 Å². The highest BCUT2D eigenvalue weighted by Gasteiger charge is 2.31. The number of rotatable bonds is 7. The average molecular weight is 660 g/mol. The Morgan fingerprint density at radius 3 is 2.53 bits per heavy atom. The number of aliphatic imine (C=N–C) groups is 1. The monoisotopic (exact) mass is 659 g/mol. The number of hydrogen-bond donors (Lipinski definition) is 1. The number of hydrogen-bond acceptors (Lipinski definition) is 6. The maximum absolute atomic E-state index is 13.0. The molecule has 0 spiro atoms. The number of carbonyl (C=O) groups is 1. The fourth-order valence-corrected chi connectivity index (χ4v) is 6.52. The molecule has 5 rings (SSSR count). The van der Waals surface area contributed by atoms with Gasteiger partial charge in [-0.15, -0.1) is 18.3 Å². The van der Waals surface area contributed by atoms with Crippen molar-refractivity contribution in [1.82, 2.24) is 20.1 Å². The van der Waals surface area contributed by atoms with E-state index in [1.807, 2.05) is 6.07 Å². The molecule has 1 fully saturated rings. The van der Waals surface area contributed by atoms with Gasteiger partial charge in [0.15, 0.2) is 11.0 Å². The Hall–Kier alpha value is -5.09. The quantitative estimate of drug-likeness (QED) is 0.199. The van der Waals surface area contributed by atoms with Crippen LogP contribution in [0.15, 0.2) is 84.2 Å². The highest BCUT2D eigenvalue weighted by atomic mass is 32.2. The number of ether oxygens (including phenoxy) is 1. The second-order valence-corrected chi connectivity index (χ2v) is 12.2. The number of benzene rings is 3. The minimum atomic E-state index is -4.77. The predicted molar refractivity (Wildman–Crippen MR) is 177 cm³/mol. The van der Waals surface area contributed by atoms with E-state index in [2.05, 4.69) is 75.9 Å². The number of nitrogens with zero attached hydrogens (tertiary/aromatic N) is 6. The molecule has 1 unspecified atom stereocenters. The summed E-state index contributed by atoms with van der Waals surface area (Å²) in [6, 6.07) is 20.0. The van der Waals surface area contributed by atoms with Gasteiger partial charge in [-0.05, 0) is 73.2 Å². The van der Waals surface area contributed by atoms with E-state index in [9.17, 15) is 23.2 Å².